The lowest BCUT2D eigenvalue weighted by Gasteiger charge is -1.97. The molecule has 2 aromatic rings. The molecule has 0 saturated carbocycles. The van der Waals surface area contributed by atoms with Gasteiger partial charge in [0.2, 0.25) is 0 Å². The molecular weight excluding hydrogens is 358 g/mol. The van der Waals surface area contributed by atoms with Crippen LogP contribution in [0.25, 0.3) is 0 Å². The molecule has 0 aromatic heterocycles. The summed E-state index contributed by atoms with van der Waals surface area (Å²) < 4.78 is 31.2. The lowest BCUT2D eigenvalue weighted by atomic mass is 10.2. The average molecular weight is 369 g/mol. The highest BCUT2D eigenvalue weighted by Gasteiger charge is 2.13. The zero-order chi connectivity index (χ0) is 16.9. The summed E-state index contributed by atoms with van der Waals surface area (Å²) in [5, 5.41) is 10.9. The number of nitrogens with zero attached hydrogens (tertiary/aromatic N) is 3. The number of hydrogen-bond donors (Lipinski definition) is 0. The van der Waals surface area contributed by atoms with Crippen LogP contribution in [-0.4, -0.2) is 13.3 Å². The van der Waals surface area contributed by atoms with Crippen LogP contribution in [0.4, 0.5) is 5.69 Å². The van der Waals surface area contributed by atoms with E-state index in [1.807, 2.05) is 6.92 Å². The second-order valence-electron chi connectivity index (χ2n) is 4.33. The molecule has 0 heterocycles. The standard InChI is InChI=1S/C13H11N3O4S3/c1-10-6-8-11(9-7-10)23(19,20)15-22-14-21-13-5-3-2-4-12(13)16(17)18/h2-9H,1H3. The van der Waals surface area contributed by atoms with Gasteiger partial charge in [-0.3, -0.25) is 10.1 Å². The van der Waals surface area contributed by atoms with Crippen LogP contribution in [0.3, 0.4) is 0 Å². The number of aryl methyl sites for hydroxylation is 1. The summed E-state index contributed by atoms with van der Waals surface area (Å²) in [6, 6.07) is 12.3. The van der Waals surface area contributed by atoms with Crippen LogP contribution in [-0.2, 0) is 21.4 Å². The molecule has 0 bridgehead atoms. The van der Waals surface area contributed by atoms with E-state index in [9.17, 15) is 18.5 Å². The molecule has 10 heteroatoms. The quantitative estimate of drug-likeness (QED) is 0.454. The lowest BCUT2D eigenvalue weighted by Crippen LogP contribution is -1.95. The molecule has 0 N–H and O–H groups in total. The van der Waals surface area contributed by atoms with Gasteiger partial charge in [0.25, 0.3) is 15.7 Å². The van der Waals surface area contributed by atoms with Gasteiger partial charge in [-0.2, -0.15) is 8.42 Å². The van der Waals surface area contributed by atoms with E-state index in [0.29, 0.717) is 16.3 Å². The first-order valence-corrected chi connectivity index (χ1v) is 9.15. The van der Waals surface area contributed by atoms with Crippen LogP contribution in [0.1, 0.15) is 5.56 Å². The summed E-state index contributed by atoms with van der Waals surface area (Å²) in [6.07, 6.45) is 0. The van der Waals surface area contributed by atoms with E-state index in [1.165, 1.54) is 24.3 Å². The van der Waals surface area contributed by atoms with Gasteiger partial charge in [-0.1, -0.05) is 33.6 Å². The Bertz CT molecular complexity index is 889. The molecule has 0 amide bonds. The highest BCUT2D eigenvalue weighted by Crippen LogP contribution is 2.29. The first-order valence-electron chi connectivity index (χ1n) is 6.21. The smallest absolute Gasteiger partial charge is 0.258 e. The third-order valence-corrected chi connectivity index (χ3v) is 5.71. The Balaban J connectivity index is 2.18. The molecule has 0 fully saturated rings. The maximum atomic E-state index is 12.0. The molecule has 120 valence electrons. The second kappa shape index (κ2) is 7.49. The van der Waals surface area contributed by atoms with Crippen molar-refractivity contribution < 1.29 is 13.3 Å². The van der Waals surface area contributed by atoms with Crippen molar-refractivity contribution in [2.45, 2.75) is 16.7 Å². The average Bonchev–Trinajstić information content (AvgIpc) is 2.52. The van der Waals surface area contributed by atoms with E-state index in [0.717, 1.165) is 17.5 Å². The predicted octanol–water partition coefficient (Wildman–Crippen LogP) is 3.75. The van der Waals surface area contributed by atoms with Gasteiger partial charge >= 0.3 is 0 Å². The third-order valence-electron chi connectivity index (χ3n) is 2.68. The van der Waals surface area contributed by atoms with Crippen molar-refractivity contribution in [2.24, 2.45) is 7.54 Å². The maximum absolute atomic E-state index is 12.0. The molecule has 7 nitrogen and oxygen atoms in total. The van der Waals surface area contributed by atoms with Crippen molar-refractivity contribution >= 4 is 39.0 Å². The second-order valence-corrected chi connectivity index (χ2v) is 7.73. The van der Waals surface area contributed by atoms with Crippen molar-refractivity contribution in [2.75, 3.05) is 0 Å². The maximum Gasteiger partial charge on any atom is 0.293 e. The SMILES string of the molecule is Cc1ccc(S(=O)(=O)N=S=NSc2ccccc2[N+](=O)[O-])cc1. The Morgan fingerprint density at radius 2 is 1.74 bits per heavy atom. The van der Waals surface area contributed by atoms with Crippen molar-refractivity contribution in [1.82, 2.24) is 0 Å². The van der Waals surface area contributed by atoms with Gasteiger partial charge in [0.1, 0.15) is 4.90 Å². The number of nitro groups is 1. The molecule has 0 unspecified atom stereocenters. The number of hydrogen-bond acceptors (Lipinski definition) is 6. The van der Waals surface area contributed by atoms with Crippen molar-refractivity contribution in [1.29, 1.82) is 0 Å². The highest BCUT2D eigenvalue weighted by atomic mass is 32.2. The molecular formula is C13H11N3O4S3. The van der Waals surface area contributed by atoms with Gasteiger partial charge in [0.05, 0.1) is 21.2 Å². The van der Waals surface area contributed by atoms with Gasteiger partial charge in [-0.05, 0) is 25.1 Å². The summed E-state index contributed by atoms with van der Waals surface area (Å²) in [6.45, 7) is 1.85. The third kappa shape index (κ3) is 4.71. The largest absolute Gasteiger partial charge is 0.293 e. The Hall–Kier alpha value is -2.04. The van der Waals surface area contributed by atoms with Crippen LogP contribution < -0.4 is 0 Å². The minimum Gasteiger partial charge on any atom is -0.258 e. The van der Waals surface area contributed by atoms with E-state index in [4.69, 9.17) is 0 Å². The zero-order valence-electron chi connectivity index (χ0n) is 11.8. The van der Waals surface area contributed by atoms with Gasteiger partial charge in [-0.15, -0.1) is 3.77 Å². The fourth-order valence-corrected chi connectivity index (χ4v) is 3.91. The lowest BCUT2D eigenvalue weighted by molar-refractivity contribution is -0.387. The topological polar surface area (TPSA) is 102 Å². The molecule has 0 atom stereocenters. The fraction of sp³-hybridized carbons (Fsp3) is 0.0769. The minimum absolute atomic E-state index is 0.0708. The molecule has 0 aliphatic rings. The zero-order valence-corrected chi connectivity index (χ0v) is 14.3. The van der Waals surface area contributed by atoms with Gasteiger partial charge in [0.15, 0.2) is 0 Å². The van der Waals surface area contributed by atoms with Crippen LogP contribution in [0.15, 0.2) is 65.9 Å². The Morgan fingerprint density at radius 3 is 2.39 bits per heavy atom. The molecule has 0 saturated heterocycles. The van der Waals surface area contributed by atoms with E-state index in [2.05, 4.69) is 7.54 Å². The number of rotatable bonds is 5. The van der Waals surface area contributed by atoms with Gasteiger partial charge < -0.3 is 0 Å². The predicted molar refractivity (Wildman–Crippen MR) is 89.5 cm³/mol. The monoisotopic (exact) mass is 369 g/mol. The normalized spacial score (nSPS) is 10.8. The number of nitro benzene ring substituents is 1. The molecule has 2 aromatic carbocycles. The van der Waals surface area contributed by atoms with E-state index in [-0.39, 0.29) is 10.6 Å². The Kier molecular flexibility index (Phi) is 5.64. The van der Waals surface area contributed by atoms with Crippen LogP contribution in [0.2, 0.25) is 0 Å². The first-order chi connectivity index (χ1) is 10.9. The van der Waals surface area contributed by atoms with Crippen molar-refractivity contribution in [3.8, 4) is 0 Å². The van der Waals surface area contributed by atoms with Gasteiger partial charge in [0, 0.05) is 18.0 Å². The Morgan fingerprint density at radius 1 is 1.09 bits per heavy atom. The highest BCUT2D eigenvalue weighted by molar-refractivity contribution is 8.02. The number of para-hydroxylation sites is 1. The first kappa shape index (κ1) is 17.3. The molecule has 23 heavy (non-hydrogen) atoms. The van der Waals surface area contributed by atoms with Gasteiger partial charge in [-0.25, -0.2) is 0 Å². The summed E-state index contributed by atoms with van der Waals surface area (Å²) >= 11 is 1.28. The number of sulfonamides is 1. The van der Waals surface area contributed by atoms with Crippen molar-refractivity contribution in [3.05, 3.63) is 64.2 Å². The van der Waals surface area contributed by atoms with Crippen LogP contribution in [0.5, 0.6) is 0 Å². The van der Waals surface area contributed by atoms with Crippen LogP contribution in [0, 0.1) is 17.0 Å². The summed E-state index contributed by atoms with van der Waals surface area (Å²) in [5.41, 5.74) is 0.844. The molecule has 0 aliphatic heterocycles. The summed E-state index contributed by atoms with van der Waals surface area (Å²) in [7, 11) is -3.81. The van der Waals surface area contributed by atoms with E-state index >= 15 is 0 Å². The molecule has 0 aliphatic carbocycles. The van der Waals surface area contributed by atoms with Crippen molar-refractivity contribution in [3.63, 3.8) is 0 Å². The van der Waals surface area contributed by atoms with E-state index in [1.54, 1.807) is 24.3 Å². The van der Waals surface area contributed by atoms with Crippen LogP contribution >= 0.6 is 11.9 Å². The summed E-state index contributed by atoms with van der Waals surface area (Å²) in [5.74, 6) is 0. The van der Waals surface area contributed by atoms with E-state index < -0.39 is 14.9 Å². The molecule has 0 radical (unpaired) electrons. The minimum atomic E-state index is -3.81. The fourth-order valence-electron chi connectivity index (χ4n) is 1.55. The Labute approximate surface area is 141 Å². The molecule has 2 rings (SSSR count). The number of benzene rings is 2. The molecule has 0 spiro atoms. The summed E-state index contributed by atoms with van der Waals surface area (Å²) in [4.78, 5) is 10.7.